The Balaban J connectivity index is 2.60. The maximum atomic E-state index is 5.95. The third-order valence-corrected chi connectivity index (χ3v) is 2.52. The van der Waals surface area contributed by atoms with Gasteiger partial charge in [-0.3, -0.25) is 0 Å². The van der Waals surface area contributed by atoms with Crippen LogP contribution in [0.15, 0.2) is 18.2 Å². The molecule has 80 valence electrons. The largest absolute Gasteiger partial charge is 0.369 e. The first-order chi connectivity index (χ1) is 7.08. The van der Waals surface area contributed by atoms with Crippen molar-refractivity contribution in [3.05, 3.63) is 23.2 Å². The van der Waals surface area contributed by atoms with Gasteiger partial charge in [0.25, 0.3) is 0 Å². The molecule has 0 atom stereocenters. The quantitative estimate of drug-likeness (QED) is 0.851. The molecule has 3 nitrogen and oxygen atoms in total. The number of nitrogen functional groups attached to an aromatic ring is 1. The smallest absolute Gasteiger partial charge is 0.201 e. The Morgan fingerprint density at radius 1 is 1.47 bits per heavy atom. The highest BCUT2D eigenvalue weighted by Crippen LogP contribution is 2.22. The van der Waals surface area contributed by atoms with E-state index in [2.05, 4.69) is 18.8 Å². The van der Waals surface area contributed by atoms with E-state index in [1.807, 2.05) is 22.8 Å². The lowest BCUT2D eigenvalue weighted by molar-refractivity contribution is 0.538. The van der Waals surface area contributed by atoms with E-state index in [0.717, 1.165) is 17.6 Å². The Labute approximate surface area is 93.9 Å². The first-order valence-electron chi connectivity index (χ1n) is 4.99. The van der Waals surface area contributed by atoms with Crippen LogP contribution in [0.25, 0.3) is 11.0 Å². The van der Waals surface area contributed by atoms with Gasteiger partial charge in [-0.25, -0.2) is 4.98 Å². The van der Waals surface area contributed by atoms with Gasteiger partial charge in [0, 0.05) is 11.6 Å². The Bertz CT molecular complexity index is 488. The maximum absolute atomic E-state index is 5.95. The predicted molar refractivity (Wildman–Crippen MR) is 64.0 cm³/mol. The zero-order valence-corrected chi connectivity index (χ0v) is 9.62. The molecule has 2 rings (SSSR count). The van der Waals surface area contributed by atoms with Crippen LogP contribution in [0.2, 0.25) is 5.02 Å². The van der Waals surface area contributed by atoms with Crippen molar-refractivity contribution >= 4 is 28.6 Å². The third-order valence-electron chi connectivity index (χ3n) is 2.29. The molecule has 0 saturated heterocycles. The molecule has 0 aliphatic rings. The lowest BCUT2D eigenvalue weighted by Gasteiger charge is -2.08. The van der Waals surface area contributed by atoms with Gasteiger partial charge >= 0.3 is 0 Å². The first kappa shape index (κ1) is 10.3. The highest BCUT2D eigenvalue weighted by molar-refractivity contribution is 6.31. The van der Waals surface area contributed by atoms with Gasteiger partial charge in [-0.05, 0) is 24.1 Å². The average Bonchev–Trinajstić information content (AvgIpc) is 2.43. The van der Waals surface area contributed by atoms with E-state index >= 15 is 0 Å². The number of imidazole rings is 1. The summed E-state index contributed by atoms with van der Waals surface area (Å²) in [5, 5.41) is 0.715. The van der Waals surface area contributed by atoms with Crippen LogP contribution < -0.4 is 5.73 Å². The van der Waals surface area contributed by atoms with Gasteiger partial charge in [0.15, 0.2) is 0 Å². The molecule has 0 bridgehead atoms. The molecule has 4 heteroatoms. The van der Waals surface area contributed by atoms with Gasteiger partial charge in [0.05, 0.1) is 11.0 Å². The van der Waals surface area contributed by atoms with E-state index < -0.39 is 0 Å². The summed E-state index contributed by atoms with van der Waals surface area (Å²) in [5.41, 5.74) is 7.77. The van der Waals surface area contributed by atoms with E-state index in [0.29, 0.717) is 16.9 Å². The van der Waals surface area contributed by atoms with E-state index in [4.69, 9.17) is 17.3 Å². The minimum atomic E-state index is 0.531. The van der Waals surface area contributed by atoms with Crippen LogP contribution in [-0.2, 0) is 6.54 Å². The Morgan fingerprint density at radius 3 is 2.87 bits per heavy atom. The summed E-state index contributed by atoms with van der Waals surface area (Å²) in [6.45, 7) is 5.16. The van der Waals surface area contributed by atoms with Crippen molar-refractivity contribution in [1.82, 2.24) is 9.55 Å². The van der Waals surface area contributed by atoms with E-state index in [-0.39, 0.29) is 0 Å². The number of fused-ring (bicyclic) bond motifs is 1. The number of nitrogens with zero attached hydrogens (tertiary/aromatic N) is 2. The summed E-state index contributed by atoms with van der Waals surface area (Å²) < 4.78 is 2.01. The molecule has 2 N–H and O–H groups in total. The number of hydrogen-bond donors (Lipinski definition) is 1. The maximum Gasteiger partial charge on any atom is 0.201 e. The zero-order valence-electron chi connectivity index (χ0n) is 8.87. The first-order valence-corrected chi connectivity index (χ1v) is 5.37. The summed E-state index contributed by atoms with van der Waals surface area (Å²) in [4.78, 5) is 4.29. The van der Waals surface area contributed by atoms with Crippen LogP contribution in [0.5, 0.6) is 0 Å². The van der Waals surface area contributed by atoms with Crippen molar-refractivity contribution in [2.75, 3.05) is 5.73 Å². The third kappa shape index (κ3) is 1.92. The molecule has 0 aliphatic heterocycles. The molecule has 1 heterocycles. The van der Waals surface area contributed by atoms with Crippen molar-refractivity contribution in [2.45, 2.75) is 20.4 Å². The summed E-state index contributed by atoms with van der Waals surface area (Å²) in [6, 6.07) is 5.63. The summed E-state index contributed by atoms with van der Waals surface area (Å²) in [7, 11) is 0. The van der Waals surface area contributed by atoms with Gasteiger partial charge in [-0.15, -0.1) is 0 Å². The summed E-state index contributed by atoms with van der Waals surface area (Å²) in [6.07, 6.45) is 0. The second-order valence-electron chi connectivity index (χ2n) is 4.11. The van der Waals surface area contributed by atoms with Crippen molar-refractivity contribution in [3.8, 4) is 0 Å². The fourth-order valence-electron chi connectivity index (χ4n) is 1.67. The minimum Gasteiger partial charge on any atom is -0.369 e. The monoisotopic (exact) mass is 223 g/mol. The van der Waals surface area contributed by atoms with Crippen LogP contribution in [0.1, 0.15) is 13.8 Å². The number of benzene rings is 1. The average molecular weight is 224 g/mol. The van der Waals surface area contributed by atoms with Crippen LogP contribution in [-0.4, -0.2) is 9.55 Å². The van der Waals surface area contributed by atoms with Crippen molar-refractivity contribution in [2.24, 2.45) is 5.92 Å². The van der Waals surface area contributed by atoms with Crippen molar-refractivity contribution in [1.29, 1.82) is 0 Å². The second kappa shape index (κ2) is 3.74. The lowest BCUT2D eigenvalue weighted by atomic mass is 10.2. The van der Waals surface area contributed by atoms with Crippen LogP contribution >= 0.6 is 11.6 Å². The topological polar surface area (TPSA) is 43.8 Å². The fraction of sp³-hybridized carbons (Fsp3) is 0.364. The molecule has 0 radical (unpaired) electrons. The molecule has 0 aliphatic carbocycles. The van der Waals surface area contributed by atoms with Crippen molar-refractivity contribution < 1.29 is 0 Å². The number of rotatable bonds is 2. The molecule has 0 fully saturated rings. The fourth-order valence-corrected chi connectivity index (χ4v) is 1.84. The molecule has 1 aromatic heterocycles. The molecule has 0 amide bonds. The number of halogens is 1. The van der Waals surface area contributed by atoms with E-state index in [1.165, 1.54) is 0 Å². The summed E-state index contributed by atoms with van der Waals surface area (Å²) >= 11 is 5.95. The molecule has 15 heavy (non-hydrogen) atoms. The van der Waals surface area contributed by atoms with Gasteiger partial charge < -0.3 is 10.3 Å². The highest BCUT2D eigenvalue weighted by atomic mass is 35.5. The van der Waals surface area contributed by atoms with E-state index in [9.17, 15) is 0 Å². The molecule has 0 saturated carbocycles. The SMILES string of the molecule is CC(C)Cn1c(N)nc2ccc(Cl)cc21. The van der Waals surface area contributed by atoms with Crippen LogP contribution in [0.3, 0.4) is 0 Å². The Hall–Kier alpha value is -1.22. The van der Waals surface area contributed by atoms with Gasteiger partial charge in [-0.2, -0.15) is 0 Å². The van der Waals surface area contributed by atoms with Crippen molar-refractivity contribution in [3.63, 3.8) is 0 Å². The summed E-state index contributed by atoms with van der Waals surface area (Å²) in [5.74, 6) is 1.09. The number of hydrogen-bond acceptors (Lipinski definition) is 2. The van der Waals surface area contributed by atoms with Crippen LogP contribution in [0, 0.1) is 5.92 Å². The number of aromatic nitrogens is 2. The second-order valence-corrected chi connectivity index (χ2v) is 4.54. The van der Waals surface area contributed by atoms with E-state index in [1.54, 1.807) is 0 Å². The molecule has 2 aromatic rings. The van der Waals surface area contributed by atoms with Crippen LogP contribution in [0.4, 0.5) is 5.95 Å². The molecular formula is C11H14ClN3. The Kier molecular flexibility index (Phi) is 2.57. The van der Waals surface area contributed by atoms with Gasteiger partial charge in [0.2, 0.25) is 5.95 Å². The number of anilines is 1. The predicted octanol–water partition coefficient (Wildman–Crippen LogP) is 2.93. The minimum absolute atomic E-state index is 0.531. The Morgan fingerprint density at radius 2 is 2.20 bits per heavy atom. The van der Waals surface area contributed by atoms with Gasteiger partial charge in [0.1, 0.15) is 0 Å². The zero-order chi connectivity index (χ0) is 11.0. The molecule has 1 aromatic carbocycles. The highest BCUT2D eigenvalue weighted by Gasteiger charge is 2.09. The number of nitrogens with two attached hydrogens (primary N) is 1. The standard InChI is InChI=1S/C11H14ClN3/c1-7(2)6-15-10-5-8(12)3-4-9(10)14-11(15)13/h3-5,7H,6H2,1-2H3,(H2,13,14). The lowest BCUT2D eigenvalue weighted by Crippen LogP contribution is -2.07. The molecule has 0 spiro atoms. The molecular weight excluding hydrogens is 210 g/mol. The normalized spacial score (nSPS) is 11.5. The molecule has 0 unspecified atom stereocenters. The van der Waals surface area contributed by atoms with Gasteiger partial charge in [-0.1, -0.05) is 25.4 Å².